The first kappa shape index (κ1) is 27.3. The van der Waals surface area contributed by atoms with Crippen molar-refractivity contribution >= 4 is 10.8 Å². The van der Waals surface area contributed by atoms with Crippen molar-refractivity contribution in [2.75, 3.05) is 0 Å². The third kappa shape index (κ3) is 5.63. The molecule has 6 aromatic rings. The van der Waals surface area contributed by atoms with Gasteiger partial charge >= 0.3 is 12.4 Å². The maximum atomic E-state index is 13.3. The number of alkyl halides is 6. The molecule has 1 nitrogen and oxygen atoms in total. The van der Waals surface area contributed by atoms with Crippen LogP contribution in [0.4, 0.5) is 26.3 Å². The highest BCUT2D eigenvalue weighted by Gasteiger charge is 2.37. The van der Waals surface area contributed by atoms with E-state index in [4.69, 9.17) is 0 Å². The third-order valence-electron chi connectivity index (χ3n) is 7.19. The minimum absolute atomic E-state index is 0.135. The molecule has 0 spiro atoms. The van der Waals surface area contributed by atoms with E-state index in [9.17, 15) is 26.3 Å². The van der Waals surface area contributed by atoms with Crippen molar-refractivity contribution in [3.63, 3.8) is 0 Å². The van der Waals surface area contributed by atoms with E-state index in [1.165, 1.54) is 12.1 Å². The van der Waals surface area contributed by atoms with E-state index >= 15 is 0 Å². The number of halogens is 6. The van der Waals surface area contributed by atoms with E-state index < -0.39 is 23.5 Å². The van der Waals surface area contributed by atoms with Crippen LogP contribution in [0.1, 0.15) is 11.1 Å². The number of benzene rings is 5. The number of pyridine rings is 1. The normalized spacial score (nSPS) is 12.0. The Labute approximate surface area is 237 Å². The lowest BCUT2D eigenvalue weighted by Gasteiger charge is -2.14. The summed E-state index contributed by atoms with van der Waals surface area (Å²) < 4.78 is 79.9. The monoisotopic (exact) mass is 569 g/mol. The second-order valence-electron chi connectivity index (χ2n) is 9.97. The molecule has 0 amide bonds. The van der Waals surface area contributed by atoms with Crippen LogP contribution in [0.15, 0.2) is 128 Å². The molecule has 7 heteroatoms. The zero-order valence-electron chi connectivity index (χ0n) is 21.8. The molecule has 5 aromatic carbocycles. The molecule has 0 saturated heterocycles. The van der Waals surface area contributed by atoms with Gasteiger partial charge in [0.05, 0.1) is 11.1 Å². The molecular formula is C35H21F6N. The fourth-order valence-corrected chi connectivity index (χ4v) is 4.97. The summed E-state index contributed by atoms with van der Waals surface area (Å²) in [7, 11) is 0. The Bertz CT molecular complexity index is 1840. The van der Waals surface area contributed by atoms with Crippen molar-refractivity contribution in [1.82, 2.24) is 4.98 Å². The molecule has 0 N–H and O–H groups in total. The first-order valence-electron chi connectivity index (χ1n) is 13.0. The smallest absolute Gasteiger partial charge is 0.264 e. The Balaban J connectivity index is 1.30. The number of fused-ring (bicyclic) bond motifs is 1. The summed E-state index contributed by atoms with van der Waals surface area (Å²) in [6, 6.07) is 32.3. The topological polar surface area (TPSA) is 12.9 Å². The van der Waals surface area contributed by atoms with Crippen LogP contribution in [0.5, 0.6) is 0 Å². The molecule has 0 saturated carbocycles. The van der Waals surface area contributed by atoms with Crippen molar-refractivity contribution in [3.8, 4) is 44.5 Å². The summed E-state index contributed by atoms with van der Waals surface area (Å²) >= 11 is 0. The standard InChI is InChI=1S/C35H21F6N/c36-34(37,38)32-18-31(19-33(20-32)35(39,40)41)26-9-5-23(6-10-26)28-14-12-25-11-13-27(16-30(25)17-28)22-3-7-24(8-4-22)29-2-1-15-42-21-29/h1-21H. The number of rotatable bonds is 4. The van der Waals surface area contributed by atoms with Crippen LogP contribution < -0.4 is 0 Å². The predicted octanol–water partition coefficient (Wildman–Crippen LogP) is 10.9. The molecule has 0 fully saturated rings. The summed E-state index contributed by atoms with van der Waals surface area (Å²) in [5.74, 6) is 0. The van der Waals surface area contributed by atoms with E-state index in [0.29, 0.717) is 0 Å². The number of aromatic nitrogens is 1. The zero-order chi connectivity index (χ0) is 29.5. The SMILES string of the molecule is FC(F)(F)c1cc(-c2ccc(-c3ccc4ccc(-c5ccc(-c6cccnc6)cc5)cc4c3)cc2)cc(C(F)(F)F)c1. The lowest BCUT2D eigenvalue weighted by Crippen LogP contribution is -2.11. The average molecular weight is 570 g/mol. The van der Waals surface area contributed by atoms with E-state index in [2.05, 4.69) is 41.4 Å². The number of nitrogens with zero attached hydrogens (tertiary/aromatic N) is 1. The summed E-state index contributed by atoms with van der Waals surface area (Å²) in [6.07, 6.45) is -6.25. The minimum Gasteiger partial charge on any atom is -0.264 e. The zero-order valence-corrected chi connectivity index (χ0v) is 21.8. The van der Waals surface area contributed by atoms with Gasteiger partial charge in [0.1, 0.15) is 0 Å². The van der Waals surface area contributed by atoms with Crippen LogP contribution in [0, 0.1) is 0 Å². The third-order valence-corrected chi connectivity index (χ3v) is 7.19. The lowest BCUT2D eigenvalue weighted by molar-refractivity contribution is -0.143. The fraction of sp³-hybridized carbons (Fsp3) is 0.0571. The Morgan fingerprint density at radius 3 is 1.24 bits per heavy atom. The van der Waals surface area contributed by atoms with E-state index in [1.54, 1.807) is 18.3 Å². The van der Waals surface area contributed by atoms with Crippen LogP contribution in [0.3, 0.4) is 0 Å². The molecule has 42 heavy (non-hydrogen) atoms. The first-order chi connectivity index (χ1) is 20.0. The highest BCUT2D eigenvalue weighted by molar-refractivity contribution is 5.91. The molecule has 0 aliphatic heterocycles. The maximum Gasteiger partial charge on any atom is 0.416 e. The van der Waals surface area contributed by atoms with Gasteiger partial charge in [-0.05, 0) is 91.7 Å². The van der Waals surface area contributed by atoms with Gasteiger partial charge in [-0.25, -0.2) is 0 Å². The van der Waals surface area contributed by atoms with Crippen molar-refractivity contribution in [2.24, 2.45) is 0 Å². The van der Waals surface area contributed by atoms with Gasteiger partial charge in [0, 0.05) is 12.4 Å². The second kappa shape index (κ2) is 10.5. The van der Waals surface area contributed by atoms with E-state index in [1.807, 2.05) is 42.6 Å². The molecule has 0 radical (unpaired) electrons. The van der Waals surface area contributed by atoms with E-state index in [-0.39, 0.29) is 17.2 Å². The molecule has 1 aromatic heterocycles. The van der Waals surface area contributed by atoms with Gasteiger partial charge < -0.3 is 0 Å². The van der Waals surface area contributed by atoms with Gasteiger partial charge in [0.25, 0.3) is 0 Å². The first-order valence-corrected chi connectivity index (χ1v) is 13.0. The molecule has 0 aliphatic carbocycles. The summed E-state index contributed by atoms with van der Waals surface area (Å²) in [4.78, 5) is 4.17. The number of hydrogen-bond donors (Lipinski definition) is 0. The minimum atomic E-state index is -4.90. The highest BCUT2D eigenvalue weighted by atomic mass is 19.4. The van der Waals surface area contributed by atoms with Gasteiger partial charge in [0.15, 0.2) is 0 Å². The van der Waals surface area contributed by atoms with Gasteiger partial charge in [-0.15, -0.1) is 0 Å². The average Bonchev–Trinajstić information content (AvgIpc) is 3.00. The van der Waals surface area contributed by atoms with Gasteiger partial charge in [-0.2, -0.15) is 26.3 Å². The van der Waals surface area contributed by atoms with Crippen LogP contribution in [0.2, 0.25) is 0 Å². The summed E-state index contributed by atoms with van der Waals surface area (Å²) in [5, 5.41) is 2.04. The van der Waals surface area contributed by atoms with Gasteiger partial charge in [-0.3, -0.25) is 4.98 Å². The van der Waals surface area contributed by atoms with Crippen LogP contribution >= 0.6 is 0 Å². The largest absolute Gasteiger partial charge is 0.416 e. The molecule has 0 aliphatic rings. The number of hydrogen-bond acceptors (Lipinski definition) is 1. The van der Waals surface area contributed by atoms with Crippen molar-refractivity contribution in [1.29, 1.82) is 0 Å². The molecule has 1 heterocycles. The van der Waals surface area contributed by atoms with Crippen molar-refractivity contribution < 1.29 is 26.3 Å². The fourth-order valence-electron chi connectivity index (χ4n) is 4.97. The Kier molecular flexibility index (Phi) is 6.81. The predicted molar refractivity (Wildman–Crippen MR) is 153 cm³/mol. The van der Waals surface area contributed by atoms with Crippen molar-refractivity contribution in [3.05, 3.63) is 139 Å². The molecule has 0 unspecified atom stereocenters. The van der Waals surface area contributed by atoms with Crippen molar-refractivity contribution in [2.45, 2.75) is 12.4 Å². The van der Waals surface area contributed by atoms with E-state index in [0.717, 1.165) is 56.3 Å². The van der Waals surface area contributed by atoms with Crippen LogP contribution in [0.25, 0.3) is 55.3 Å². The lowest BCUT2D eigenvalue weighted by atomic mass is 9.95. The van der Waals surface area contributed by atoms with Crippen LogP contribution in [-0.2, 0) is 12.4 Å². The highest BCUT2D eigenvalue weighted by Crippen LogP contribution is 2.39. The summed E-state index contributed by atoms with van der Waals surface area (Å²) in [6.45, 7) is 0. The Morgan fingerprint density at radius 1 is 0.381 bits per heavy atom. The quantitative estimate of drug-likeness (QED) is 0.193. The maximum absolute atomic E-state index is 13.3. The Hall–Kier alpha value is -4.91. The molecular weight excluding hydrogens is 548 g/mol. The van der Waals surface area contributed by atoms with Gasteiger partial charge in [0.2, 0.25) is 0 Å². The van der Waals surface area contributed by atoms with Gasteiger partial charge in [-0.1, -0.05) is 78.9 Å². The van der Waals surface area contributed by atoms with Crippen LogP contribution in [-0.4, -0.2) is 4.98 Å². The summed E-state index contributed by atoms with van der Waals surface area (Å²) in [5.41, 5.74) is 3.28. The molecule has 208 valence electrons. The molecule has 6 rings (SSSR count). The Morgan fingerprint density at radius 2 is 0.810 bits per heavy atom. The molecule has 0 atom stereocenters. The second-order valence-corrected chi connectivity index (χ2v) is 9.97. The molecule has 0 bridgehead atoms.